The number of aliphatic hydroxyl groups is 1. The molecule has 0 aromatic carbocycles. The van der Waals surface area contributed by atoms with Gasteiger partial charge in [0.05, 0.1) is 11.8 Å². The van der Waals surface area contributed by atoms with Gasteiger partial charge in [0.2, 0.25) is 0 Å². The summed E-state index contributed by atoms with van der Waals surface area (Å²) < 4.78 is 1.68. The Kier molecular flexibility index (Phi) is 5.28. The molecule has 1 aliphatic rings. The summed E-state index contributed by atoms with van der Waals surface area (Å²) in [6.45, 7) is 1.95. The van der Waals surface area contributed by atoms with E-state index in [9.17, 15) is 5.11 Å². The summed E-state index contributed by atoms with van der Waals surface area (Å²) in [5.41, 5.74) is 1.93. The number of hydrogen-bond acceptors (Lipinski definition) is 2. The number of aromatic nitrogens is 2. The molecule has 1 N–H and O–H groups in total. The van der Waals surface area contributed by atoms with Crippen molar-refractivity contribution >= 4 is 11.6 Å². The Morgan fingerprint density at radius 3 is 2.63 bits per heavy atom. The molecular formula is C15H25ClN2O. The van der Waals surface area contributed by atoms with Crippen molar-refractivity contribution in [2.45, 2.75) is 64.4 Å². The molecule has 0 amide bonds. The molecule has 0 saturated heterocycles. The van der Waals surface area contributed by atoms with Crippen molar-refractivity contribution in [3.8, 4) is 0 Å². The van der Waals surface area contributed by atoms with Gasteiger partial charge in [0.15, 0.2) is 0 Å². The lowest BCUT2D eigenvalue weighted by atomic mass is 9.85. The van der Waals surface area contributed by atoms with E-state index < -0.39 is 0 Å². The van der Waals surface area contributed by atoms with Crippen LogP contribution in [0.15, 0.2) is 0 Å². The van der Waals surface area contributed by atoms with E-state index in [1.165, 1.54) is 32.1 Å². The first kappa shape index (κ1) is 14.9. The van der Waals surface area contributed by atoms with Crippen molar-refractivity contribution in [2.24, 2.45) is 13.0 Å². The average molecular weight is 285 g/mol. The first-order valence-electron chi connectivity index (χ1n) is 7.44. The summed E-state index contributed by atoms with van der Waals surface area (Å²) >= 11 is 6.20. The Bertz CT molecular complexity index is 411. The molecule has 0 radical (unpaired) electrons. The van der Waals surface area contributed by atoms with Crippen molar-refractivity contribution in [2.75, 3.05) is 0 Å². The SMILES string of the molecule is Cc1nn(C)c(Cl)c1CC(O)CCC1CCCCC1. The predicted octanol–water partition coefficient (Wildman–Crippen LogP) is 3.65. The monoisotopic (exact) mass is 284 g/mol. The lowest BCUT2D eigenvalue weighted by Crippen LogP contribution is -2.15. The number of nitrogens with zero attached hydrogens (tertiary/aromatic N) is 2. The van der Waals surface area contributed by atoms with E-state index in [2.05, 4.69) is 5.10 Å². The predicted molar refractivity (Wildman–Crippen MR) is 78.5 cm³/mol. The van der Waals surface area contributed by atoms with Gasteiger partial charge >= 0.3 is 0 Å². The number of aryl methyl sites for hydroxylation is 2. The van der Waals surface area contributed by atoms with Crippen molar-refractivity contribution in [1.29, 1.82) is 0 Å². The molecule has 0 bridgehead atoms. The van der Waals surface area contributed by atoms with Crippen LogP contribution < -0.4 is 0 Å². The van der Waals surface area contributed by atoms with Gasteiger partial charge in [0.1, 0.15) is 5.15 Å². The highest BCUT2D eigenvalue weighted by molar-refractivity contribution is 6.30. The van der Waals surface area contributed by atoms with E-state index >= 15 is 0 Å². The molecule has 1 saturated carbocycles. The number of hydrogen-bond donors (Lipinski definition) is 1. The van der Waals surface area contributed by atoms with E-state index in [4.69, 9.17) is 11.6 Å². The summed E-state index contributed by atoms with van der Waals surface area (Å²) in [5, 5.41) is 15.1. The van der Waals surface area contributed by atoms with Gasteiger partial charge < -0.3 is 5.11 Å². The fourth-order valence-electron chi connectivity index (χ4n) is 3.15. The summed E-state index contributed by atoms with van der Waals surface area (Å²) in [6.07, 6.45) is 9.20. The second kappa shape index (κ2) is 6.76. The Labute approximate surface area is 121 Å². The van der Waals surface area contributed by atoms with Crippen molar-refractivity contribution in [3.05, 3.63) is 16.4 Å². The summed E-state index contributed by atoms with van der Waals surface area (Å²) in [5.74, 6) is 0.828. The molecule has 1 heterocycles. The zero-order valence-electron chi connectivity index (χ0n) is 12.0. The zero-order chi connectivity index (χ0) is 13.8. The van der Waals surface area contributed by atoms with Crippen LogP contribution in [0, 0.1) is 12.8 Å². The molecule has 4 heteroatoms. The third-order valence-electron chi connectivity index (χ3n) is 4.34. The van der Waals surface area contributed by atoms with Gasteiger partial charge in [0.25, 0.3) is 0 Å². The highest BCUT2D eigenvalue weighted by Crippen LogP contribution is 2.28. The van der Waals surface area contributed by atoms with E-state index in [1.54, 1.807) is 4.68 Å². The normalized spacial score (nSPS) is 18.7. The third kappa shape index (κ3) is 3.96. The van der Waals surface area contributed by atoms with Crippen LogP contribution in [0.3, 0.4) is 0 Å². The van der Waals surface area contributed by atoms with Gasteiger partial charge in [-0.25, -0.2) is 0 Å². The molecule has 1 aliphatic carbocycles. The van der Waals surface area contributed by atoms with Gasteiger partial charge in [-0.1, -0.05) is 43.7 Å². The minimum atomic E-state index is -0.290. The Morgan fingerprint density at radius 2 is 2.05 bits per heavy atom. The fourth-order valence-corrected chi connectivity index (χ4v) is 3.40. The van der Waals surface area contributed by atoms with Gasteiger partial charge in [-0.15, -0.1) is 0 Å². The molecule has 1 aromatic heterocycles. The zero-order valence-corrected chi connectivity index (χ0v) is 12.8. The fraction of sp³-hybridized carbons (Fsp3) is 0.800. The minimum absolute atomic E-state index is 0.290. The van der Waals surface area contributed by atoms with Crippen molar-refractivity contribution in [3.63, 3.8) is 0 Å². The van der Waals surface area contributed by atoms with Crippen LogP contribution in [0.25, 0.3) is 0 Å². The molecule has 3 nitrogen and oxygen atoms in total. The smallest absolute Gasteiger partial charge is 0.130 e. The van der Waals surface area contributed by atoms with E-state index in [-0.39, 0.29) is 6.10 Å². The molecular weight excluding hydrogens is 260 g/mol. The third-order valence-corrected chi connectivity index (χ3v) is 4.82. The summed E-state index contributed by atoms with van der Waals surface area (Å²) in [4.78, 5) is 0. The highest BCUT2D eigenvalue weighted by Gasteiger charge is 2.18. The molecule has 0 spiro atoms. The largest absolute Gasteiger partial charge is 0.393 e. The highest BCUT2D eigenvalue weighted by atomic mass is 35.5. The number of aliphatic hydroxyl groups excluding tert-OH is 1. The molecule has 108 valence electrons. The lowest BCUT2D eigenvalue weighted by Gasteiger charge is -2.22. The molecule has 1 atom stereocenters. The molecule has 1 aromatic rings. The van der Waals surface area contributed by atoms with Gasteiger partial charge in [-0.3, -0.25) is 4.68 Å². The number of halogens is 1. The second-order valence-corrected chi connectivity index (χ2v) is 6.28. The maximum atomic E-state index is 10.2. The maximum absolute atomic E-state index is 10.2. The summed E-state index contributed by atoms with van der Waals surface area (Å²) in [7, 11) is 1.84. The molecule has 1 fully saturated rings. The van der Waals surface area contributed by atoms with Gasteiger partial charge in [0, 0.05) is 19.0 Å². The van der Waals surface area contributed by atoms with Crippen LogP contribution >= 0.6 is 11.6 Å². The van der Waals surface area contributed by atoms with Crippen LogP contribution in [-0.4, -0.2) is 21.0 Å². The van der Waals surface area contributed by atoms with Gasteiger partial charge in [-0.2, -0.15) is 5.10 Å². The van der Waals surface area contributed by atoms with E-state index in [0.29, 0.717) is 11.6 Å². The molecule has 0 aliphatic heterocycles. The first-order valence-corrected chi connectivity index (χ1v) is 7.81. The Balaban J connectivity index is 1.81. The molecule has 19 heavy (non-hydrogen) atoms. The first-order chi connectivity index (χ1) is 9.08. The standard InChI is InChI=1S/C15H25ClN2O/c1-11-14(15(16)18(2)17-11)10-13(19)9-8-12-6-4-3-5-7-12/h12-13,19H,3-10H2,1-2H3. The van der Waals surface area contributed by atoms with E-state index in [1.807, 2.05) is 14.0 Å². The van der Waals surface area contributed by atoms with Crippen LogP contribution in [0.5, 0.6) is 0 Å². The Morgan fingerprint density at radius 1 is 1.37 bits per heavy atom. The van der Waals surface area contributed by atoms with E-state index in [0.717, 1.165) is 30.0 Å². The minimum Gasteiger partial charge on any atom is -0.393 e. The maximum Gasteiger partial charge on any atom is 0.130 e. The summed E-state index contributed by atoms with van der Waals surface area (Å²) in [6, 6.07) is 0. The lowest BCUT2D eigenvalue weighted by molar-refractivity contribution is 0.149. The van der Waals surface area contributed by atoms with Crippen LogP contribution in [0.1, 0.15) is 56.2 Å². The van der Waals surface area contributed by atoms with Crippen LogP contribution in [0.2, 0.25) is 5.15 Å². The van der Waals surface area contributed by atoms with Crippen molar-refractivity contribution < 1.29 is 5.11 Å². The van der Waals surface area contributed by atoms with Crippen molar-refractivity contribution in [1.82, 2.24) is 9.78 Å². The van der Waals surface area contributed by atoms with Crippen LogP contribution in [-0.2, 0) is 13.5 Å². The average Bonchev–Trinajstić information content (AvgIpc) is 2.64. The topological polar surface area (TPSA) is 38.0 Å². The van der Waals surface area contributed by atoms with Gasteiger partial charge in [-0.05, 0) is 25.7 Å². The quantitative estimate of drug-likeness (QED) is 0.896. The second-order valence-electron chi connectivity index (χ2n) is 5.92. The molecule has 2 rings (SSSR count). The molecule has 1 unspecified atom stereocenters. The van der Waals surface area contributed by atoms with Crippen LogP contribution in [0.4, 0.5) is 0 Å². The number of rotatable bonds is 5. The Hall–Kier alpha value is -0.540.